The predicted octanol–water partition coefficient (Wildman–Crippen LogP) is 4.94. The minimum Gasteiger partial charge on any atom is -0.496 e. The van der Waals surface area contributed by atoms with Gasteiger partial charge >= 0.3 is 0 Å². The average Bonchev–Trinajstić information content (AvgIpc) is 3.33. The maximum Gasteiger partial charge on any atom is 0.270 e. The summed E-state index contributed by atoms with van der Waals surface area (Å²) >= 11 is 6.06. The van der Waals surface area contributed by atoms with Gasteiger partial charge in [-0.15, -0.1) is 0 Å². The van der Waals surface area contributed by atoms with Crippen molar-refractivity contribution in [3.63, 3.8) is 0 Å². The van der Waals surface area contributed by atoms with Gasteiger partial charge in [0.1, 0.15) is 11.4 Å². The van der Waals surface area contributed by atoms with Gasteiger partial charge < -0.3 is 15.0 Å². The van der Waals surface area contributed by atoms with Crippen molar-refractivity contribution in [3.05, 3.63) is 71.4 Å². The molecule has 1 saturated heterocycles. The van der Waals surface area contributed by atoms with Crippen LogP contribution in [-0.4, -0.2) is 58.7 Å². The third-order valence-corrected chi connectivity index (χ3v) is 6.60. The molecule has 8 heteroatoms. The zero-order chi connectivity index (χ0) is 24.2. The molecule has 1 fully saturated rings. The van der Waals surface area contributed by atoms with Crippen LogP contribution in [0.25, 0.3) is 28.2 Å². The van der Waals surface area contributed by atoms with Gasteiger partial charge in [0.2, 0.25) is 0 Å². The van der Waals surface area contributed by atoms with E-state index < -0.39 is 0 Å². The van der Waals surface area contributed by atoms with Gasteiger partial charge in [-0.05, 0) is 56.3 Å². The Kier molecular flexibility index (Phi) is 6.97. The van der Waals surface area contributed by atoms with Crippen molar-refractivity contribution in [2.75, 3.05) is 33.3 Å². The number of para-hydroxylation sites is 1. The molecule has 1 aliphatic rings. The molecule has 1 amide bonds. The molecule has 2 aromatic heterocycles. The highest BCUT2D eigenvalue weighted by molar-refractivity contribution is 6.30. The second kappa shape index (κ2) is 10.5. The number of piperidine rings is 1. The van der Waals surface area contributed by atoms with E-state index in [2.05, 4.69) is 10.2 Å². The van der Waals surface area contributed by atoms with Crippen molar-refractivity contribution in [1.29, 1.82) is 0 Å². The number of methoxy groups -OCH3 is 1. The molecule has 0 saturated carbocycles. The molecule has 0 radical (unpaired) electrons. The van der Waals surface area contributed by atoms with Crippen molar-refractivity contribution >= 4 is 23.2 Å². The van der Waals surface area contributed by atoms with Crippen LogP contribution in [0.1, 0.15) is 29.8 Å². The number of aromatic nitrogens is 3. The number of halogens is 1. The van der Waals surface area contributed by atoms with Crippen molar-refractivity contribution in [3.8, 4) is 28.3 Å². The number of carbonyl (C=O) groups excluding carboxylic acids is 1. The second-order valence-corrected chi connectivity index (χ2v) is 9.13. The van der Waals surface area contributed by atoms with Gasteiger partial charge in [0.15, 0.2) is 5.65 Å². The highest BCUT2D eigenvalue weighted by Gasteiger charge is 2.19. The third-order valence-electron chi connectivity index (χ3n) is 6.35. The molecule has 0 aliphatic carbocycles. The fraction of sp³-hybridized carbons (Fsp3) is 0.296. The van der Waals surface area contributed by atoms with E-state index in [1.54, 1.807) is 17.7 Å². The van der Waals surface area contributed by atoms with Crippen LogP contribution in [0, 0.1) is 0 Å². The highest BCUT2D eigenvalue weighted by Crippen LogP contribution is 2.30. The van der Waals surface area contributed by atoms with Gasteiger partial charge in [-0.2, -0.15) is 5.10 Å². The van der Waals surface area contributed by atoms with Gasteiger partial charge in [-0.25, -0.2) is 9.50 Å². The van der Waals surface area contributed by atoms with Crippen LogP contribution in [0.2, 0.25) is 5.02 Å². The summed E-state index contributed by atoms with van der Waals surface area (Å²) in [5, 5.41) is 8.46. The molecule has 1 aliphatic heterocycles. The van der Waals surface area contributed by atoms with E-state index in [-0.39, 0.29) is 5.91 Å². The van der Waals surface area contributed by atoms with Crippen LogP contribution >= 0.6 is 11.6 Å². The molecular weight excluding hydrogens is 462 g/mol. The fourth-order valence-corrected chi connectivity index (χ4v) is 4.62. The minimum absolute atomic E-state index is 0.184. The largest absolute Gasteiger partial charge is 0.496 e. The molecule has 0 bridgehead atoms. The molecular formula is C27H28ClN5O2. The zero-order valence-corrected chi connectivity index (χ0v) is 20.5. The number of hydrogen-bond donors (Lipinski definition) is 1. The Labute approximate surface area is 209 Å². The standard InChI is InChI=1S/C27H28ClN5O2/c1-35-25-8-4-3-7-21(25)23-17-24(27(34)29-13-16-32-14-5-2-6-15-32)33-26(30-23)18-22(31-33)19-9-11-20(28)12-10-19/h3-4,7-12,17-18H,2,5-6,13-16H2,1H3,(H,29,34). The van der Waals surface area contributed by atoms with E-state index in [4.69, 9.17) is 26.4 Å². The van der Waals surface area contributed by atoms with Gasteiger partial charge in [0, 0.05) is 35.3 Å². The van der Waals surface area contributed by atoms with Crippen LogP contribution in [0.4, 0.5) is 0 Å². The summed E-state index contributed by atoms with van der Waals surface area (Å²) in [7, 11) is 1.63. The predicted molar refractivity (Wildman–Crippen MR) is 138 cm³/mol. The lowest BCUT2D eigenvalue weighted by atomic mass is 10.1. The molecule has 1 N–H and O–H groups in total. The van der Waals surface area contributed by atoms with Crippen LogP contribution < -0.4 is 10.1 Å². The number of amides is 1. The molecule has 180 valence electrons. The van der Waals surface area contributed by atoms with Crippen molar-refractivity contribution in [2.24, 2.45) is 0 Å². The topological polar surface area (TPSA) is 71.8 Å². The normalized spacial score (nSPS) is 14.2. The Morgan fingerprint density at radius 1 is 1.03 bits per heavy atom. The van der Waals surface area contributed by atoms with Crippen molar-refractivity contribution < 1.29 is 9.53 Å². The molecule has 0 atom stereocenters. The monoisotopic (exact) mass is 489 g/mol. The number of nitrogens with one attached hydrogen (secondary N) is 1. The molecule has 0 spiro atoms. The Morgan fingerprint density at radius 2 is 1.80 bits per heavy atom. The molecule has 35 heavy (non-hydrogen) atoms. The fourth-order valence-electron chi connectivity index (χ4n) is 4.49. The van der Waals surface area contributed by atoms with E-state index in [9.17, 15) is 4.79 Å². The second-order valence-electron chi connectivity index (χ2n) is 8.69. The number of fused-ring (bicyclic) bond motifs is 1. The Hall–Kier alpha value is -3.42. The zero-order valence-electron chi connectivity index (χ0n) is 19.7. The Morgan fingerprint density at radius 3 is 2.57 bits per heavy atom. The molecule has 7 nitrogen and oxygen atoms in total. The lowest BCUT2D eigenvalue weighted by Crippen LogP contribution is -2.38. The van der Waals surface area contributed by atoms with Crippen molar-refractivity contribution in [1.82, 2.24) is 24.8 Å². The van der Waals surface area contributed by atoms with Gasteiger partial charge in [-0.3, -0.25) is 4.79 Å². The smallest absolute Gasteiger partial charge is 0.270 e. The summed E-state index contributed by atoms with van der Waals surface area (Å²) in [6, 6.07) is 18.8. The highest BCUT2D eigenvalue weighted by atomic mass is 35.5. The summed E-state index contributed by atoms with van der Waals surface area (Å²) in [6.07, 6.45) is 3.74. The van der Waals surface area contributed by atoms with E-state index in [1.165, 1.54) is 19.3 Å². The van der Waals surface area contributed by atoms with E-state index in [0.29, 0.717) is 40.0 Å². The first-order valence-electron chi connectivity index (χ1n) is 11.9. The summed E-state index contributed by atoms with van der Waals surface area (Å²) in [5.74, 6) is 0.509. The number of ether oxygens (including phenoxy) is 1. The van der Waals surface area contributed by atoms with E-state index in [1.807, 2.05) is 54.6 Å². The quantitative estimate of drug-likeness (QED) is 0.398. The maximum atomic E-state index is 13.4. The minimum atomic E-state index is -0.184. The third kappa shape index (κ3) is 5.16. The van der Waals surface area contributed by atoms with Crippen molar-refractivity contribution in [2.45, 2.75) is 19.3 Å². The summed E-state index contributed by atoms with van der Waals surface area (Å²) in [5.41, 5.74) is 4.09. The first-order valence-corrected chi connectivity index (χ1v) is 12.3. The van der Waals surface area contributed by atoms with Gasteiger partial charge in [0.25, 0.3) is 5.91 Å². The summed E-state index contributed by atoms with van der Waals surface area (Å²) in [6.45, 7) is 3.61. The maximum absolute atomic E-state index is 13.4. The van der Waals surface area contributed by atoms with E-state index in [0.717, 1.165) is 30.8 Å². The number of hydrogen-bond acceptors (Lipinski definition) is 5. The number of rotatable bonds is 7. The molecule has 3 heterocycles. The Balaban J connectivity index is 1.51. The summed E-state index contributed by atoms with van der Waals surface area (Å²) in [4.78, 5) is 20.6. The Bertz CT molecular complexity index is 1330. The van der Waals surface area contributed by atoms with Crippen LogP contribution in [0.5, 0.6) is 5.75 Å². The summed E-state index contributed by atoms with van der Waals surface area (Å²) < 4.78 is 7.16. The van der Waals surface area contributed by atoms with Gasteiger partial charge in [0.05, 0.1) is 18.5 Å². The lowest BCUT2D eigenvalue weighted by molar-refractivity contribution is 0.0939. The van der Waals surface area contributed by atoms with Gasteiger partial charge in [-0.1, -0.05) is 42.3 Å². The lowest BCUT2D eigenvalue weighted by Gasteiger charge is -2.26. The SMILES string of the molecule is COc1ccccc1-c1cc(C(=O)NCCN2CCCCC2)n2nc(-c3ccc(Cl)cc3)cc2n1. The number of benzene rings is 2. The molecule has 4 aromatic rings. The first-order chi connectivity index (χ1) is 17.1. The van der Waals surface area contributed by atoms with Crippen LogP contribution in [-0.2, 0) is 0 Å². The molecule has 5 rings (SSSR count). The number of carbonyl (C=O) groups is 1. The van der Waals surface area contributed by atoms with E-state index >= 15 is 0 Å². The number of nitrogens with zero attached hydrogens (tertiary/aromatic N) is 4. The molecule has 2 aromatic carbocycles. The number of likely N-dealkylation sites (tertiary alicyclic amines) is 1. The molecule has 0 unspecified atom stereocenters. The van der Waals surface area contributed by atoms with Crippen LogP contribution in [0.3, 0.4) is 0 Å². The average molecular weight is 490 g/mol. The first kappa shape index (κ1) is 23.3. The van der Waals surface area contributed by atoms with Crippen LogP contribution in [0.15, 0.2) is 60.7 Å².